The van der Waals surface area contributed by atoms with Crippen molar-refractivity contribution in [2.75, 3.05) is 13.6 Å². The zero-order chi connectivity index (χ0) is 18.1. The summed E-state index contributed by atoms with van der Waals surface area (Å²) in [6.07, 6.45) is 2.50. The second kappa shape index (κ2) is 6.74. The topological polar surface area (TPSA) is 51.0 Å². The Bertz CT molecular complexity index is 1080. The number of likely N-dealkylation sites (N-methyl/N-ethyl adjacent to an activating group) is 1. The van der Waals surface area contributed by atoms with Crippen LogP contribution in [0, 0.1) is 11.8 Å². The molecule has 0 bridgehead atoms. The third-order valence-electron chi connectivity index (χ3n) is 4.92. The molecule has 1 unspecified atom stereocenters. The van der Waals surface area contributed by atoms with Gasteiger partial charge in [0.05, 0.1) is 10.9 Å². The average Bonchev–Trinajstić information content (AvgIpc) is 2.80. The smallest absolute Gasteiger partial charge is 0.261 e. The minimum Gasteiger partial charge on any atom is -0.301 e. The number of fused-ring (bicyclic) bond motifs is 2. The van der Waals surface area contributed by atoms with E-state index in [1.165, 1.54) is 0 Å². The fourth-order valence-electron chi connectivity index (χ4n) is 3.20. The first-order valence-electron chi connectivity index (χ1n) is 8.78. The van der Waals surface area contributed by atoms with Crippen LogP contribution in [-0.2, 0) is 13.0 Å². The second-order valence-corrected chi connectivity index (χ2v) is 6.72. The summed E-state index contributed by atoms with van der Waals surface area (Å²) in [6.45, 7) is 3.72. The van der Waals surface area contributed by atoms with Crippen LogP contribution < -0.4 is 5.56 Å². The molecule has 4 rings (SSSR count). The Morgan fingerprint density at radius 2 is 2.08 bits per heavy atom. The van der Waals surface area contributed by atoms with Crippen LogP contribution in [0.25, 0.3) is 10.9 Å². The van der Waals surface area contributed by atoms with Crippen molar-refractivity contribution in [2.24, 2.45) is 0 Å². The number of pyridine rings is 1. The van der Waals surface area contributed by atoms with Gasteiger partial charge in [0.25, 0.3) is 5.56 Å². The summed E-state index contributed by atoms with van der Waals surface area (Å²) in [5, 5.41) is 0.647. The molecular formula is C21H20N4O. The molecule has 5 heteroatoms. The Balaban J connectivity index is 1.77. The molecular weight excluding hydrogens is 324 g/mol. The number of nitrogens with zero attached hydrogens (tertiary/aromatic N) is 4. The van der Waals surface area contributed by atoms with Gasteiger partial charge in [-0.25, -0.2) is 9.97 Å². The first-order chi connectivity index (χ1) is 12.6. The number of benzene rings is 1. The first-order valence-corrected chi connectivity index (χ1v) is 8.78. The van der Waals surface area contributed by atoms with Crippen molar-refractivity contribution in [1.29, 1.82) is 0 Å². The largest absolute Gasteiger partial charge is 0.301 e. The third kappa shape index (κ3) is 3.12. The lowest BCUT2D eigenvalue weighted by atomic mass is 10.1. The quantitative estimate of drug-likeness (QED) is 0.586. The van der Waals surface area contributed by atoms with Gasteiger partial charge in [0, 0.05) is 37.3 Å². The van der Waals surface area contributed by atoms with Gasteiger partial charge < -0.3 is 4.90 Å². The van der Waals surface area contributed by atoms with Gasteiger partial charge in [0.15, 0.2) is 0 Å². The van der Waals surface area contributed by atoms with Gasteiger partial charge in [-0.15, -0.1) is 0 Å². The molecule has 1 aliphatic rings. The van der Waals surface area contributed by atoms with Crippen molar-refractivity contribution in [1.82, 2.24) is 19.4 Å². The van der Waals surface area contributed by atoms with Crippen LogP contribution in [0.1, 0.15) is 24.0 Å². The predicted molar refractivity (Wildman–Crippen MR) is 102 cm³/mol. The highest BCUT2D eigenvalue weighted by Crippen LogP contribution is 2.15. The van der Waals surface area contributed by atoms with Crippen molar-refractivity contribution < 1.29 is 0 Å². The van der Waals surface area contributed by atoms with Crippen LogP contribution in [-0.4, -0.2) is 39.1 Å². The molecule has 0 saturated heterocycles. The van der Waals surface area contributed by atoms with E-state index < -0.39 is 0 Å². The molecule has 1 aromatic carbocycles. The Morgan fingerprint density at radius 1 is 1.19 bits per heavy atom. The van der Waals surface area contributed by atoms with Crippen molar-refractivity contribution in [3.05, 3.63) is 70.0 Å². The molecule has 5 nitrogen and oxygen atoms in total. The van der Waals surface area contributed by atoms with Gasteiger partial charge >= 0.3 is 0 Å². The van der Waals surface area contributed by atoms with Crippen LogP contribution in [0.2, 0.25) is 0 Å². The average molecular weight is 344 g/mol. The maximum Gasteiger partial charge on any atom is 0.261 e. The minimum atomic E-state index is 0.0383. The van der Waals surface area contributed by atoms with Gasteiger partial charge in [-0.1, -0.05) is 12.0 Å². The molecule has 0 fully saturated rings. The lowest BCUT2D eigenvalue weighted by Crippen LogP contribution is -2.34. The normalized spacial score (nSPS) is 17.2. The molecule has 0 spiro atoms. The van der Waals surface area contributed by atoms with E-state index >= 15 is 0 Å². The number of rotatable bonds is 0. The fourth-order valence-corrected chi connectivity index (χ4v) is 3.20. The number of hydrogen-bond acceptors (Lipinski definition) is 4. The molecule has 0 radical (unpaired) electrons. The van der Waals surface area contributed by atoms with Crippen LogP contribution in [0.3, 0.4) is 0 Å². The lowest BCUT2D eigenvalue weighted by molar-refractivity contribution is 0.253. The van der Waals surface area contributed by atoms with Gasteiger partial charge in [-0.3, -0.25) is 9.36 Å². The maximum absolute atomic E-state index is 12.9. The van der Waals surface area contributed by atoms with Crippen molar-refractivity contribution >= 4 is 10.9 Å². The van der Waals surface area contributed by atoms with Crippen molar-refractivity contribution in [2.45, 2.75) is 25.9 Å². The van der Waals surface area contributed by atoms with Crippen LogP contribution in [0.15, 0.2) is 47.4 Å². The second-order valence-electron chi connectivity index (χ2n) is 6.72. The Hall–Kier alpha value is -2.97. The zero-order valence-corrected chi connectivity index (χ0v) is 14.9. The molecule has 2 aromatic heterocycles. The highest BCUT2D eigenvalue weighted by molar-refractivity contribution is 5.79. The van der Waals surface area contributed by atoms with E-state index in [2.05, 4.69) is 35.7 Å². The highest BCUT2D eigenvalue weighted by Gasteiger charge is 2.20. The summed E-state index contributed by atoms with van der Waals surface area (Å²) in [5.41, 5.74) is 2.31. The molecule has 3 heterocycles. The Kier molecular flexibility index (Phi) is 4.27. The fraction of sp³-hybridized carbons (Fsp3) is 0.286. The summed E-state index contributed by atoms with van der Waals surface area (Å²) in [4.78, 5) is 24.2. The third-order valence-corrected chi connectivity index (χ3v) is 4.92. The maximum atomic E-state index is 12.9. The summed E-state index contributed by atoms with van der Waals surface area (Å²) in [5.74, 6) is 7.01. The van der Waals surface area contributed by atoms with Gasteiger partial charge in [0.1, 0.15) is 11.5 Å². The van der Waals surface area contributed by atoms with E-state index in [-0.39, 0.29) is 5.56 Å². The van der Waals surface area contributed by atoms with Crippen LogP contribution in [0.5, 0.6) is 0 Å². The number of hydrogen-bond donors (Lipinski definition) is 0. The summed E-state index contributed by atoms with van der Waals surface area (Å²) in [6, 6.07) is 11.6. The van der Waals surface area contributed by atoms with Crippen molar-refractivity contribution in [3.8, 4) is 11.8 Å². The van der Waals surface area contributed by atoms with Crippen molar-refractivity contribution in [3.63, 3.8) is 0 Å². The molecule has 0 aliphatic carbocycles. The van der Waals surface area contributed by atoms with Crippen LogP contribution >= 0.6 is 0 Å². The molecule has 1 atom stereocenters. The first kappa shape index (κ1) is 16.5. The van der Waals surface area contributed by atoms with E-state index in [4.69, 9.17) is 4.98 Å². The summed E-state index contributed by atoms with van der Waals surface area (Å²) < 4.78 is 1.83. The Morgan fingerprint density at radius 3 is 2.88 bits per heavy atom. The molecule has 3 aromatic rings. The van der Waals surface area contributed by atoms with E-state index in [0.717, 1.165) is 30.0 Å². The lowest BCUT2D eigenvalue weighted by Gasteiger charge is -2.21. The van der Waals surface area contributed by atoms with E-state index in [1.807, 2.05) is 41.0 Å². The summed E-state index contributed by atoms with van der Waals surface area (Å²) in [7, 11) is 2.09. The summed E-state index contributed by atoms with van der Waals surface area (Å²) >= 11 is 0. The van der Waals surface area contributed by atoms with E-state index in [0.29, 0.717) is 23.5 Å². The molecule has 130 valence electrons. The van der Waals surface area contributed by atoms with Gasteiger partial charge in [-0.05, 0) is 50.2 Å². The molecule has 0 saturated carbocycles. The standard InChI is InChI=1S/C21H20N4O/c1-15-14-25-20(10-12-24(15)2)23-19-13-16(7-9-18(19)21(25)26)6-8-17-5-3-4-11-22-17/h3-5,7,9,11,13,15H,10,12,14H2,1-2H3. The number of aromatic nitrogens is 3. The van der Waals surface area contributed by atoms with Gasteiger partial charge in [0.2, 0.25) is 0 Å². The Labute approximate surface area is 152 Å². The SMILES string of the molecule is CC1Cn2c(nc3cc(C#Cc4ccccn4)ccc3c2=O)CCN1C. The molecule has 1 aliphatic heterocycles. The monoisotopic (exact) mass is 344 g/mol. The van der Waals surface area contributed by atoms with E-state index in [1.54, 1.807) is 6.20 Å². The minimum absolute atomic E-state index is 0.0383. The zero-order valence-electron chi connectivity index (χ0n) is 14.9. The van der Waals surface area contributed by atoms with Gasteiger partial charge in [-0.2, -0.15) is 0 Å². The molecule has 0 N–H and O–H groups in total. The molecule has 26 heavy (non-hydrogen) atoms. The van der Waals surface area contributed by atoms with Crippen LogP contribution in [0.4, 0.5) is 0 Å². The molecule has 0 amide bonds. The predicted octanol–water partition coefficient (Wildman–Crippen LogP) is 2.07. The highest BCUT2D eigenvalue weighted by atomic mass is 16.1. The van der Waals surface area contributed by atoms with E-state index in [9.17, 15) is 4.79 Å².